The third-order valence-electron chi connectivity index (χ3n) is 5.51. The Morgan fingerprint density at radius 2 is 1.72 bits per heavy atom. The molecule has 2 aromatic rings. The number of ether oxygens (including phenoxy) is 1. The maximum atomic E-state index is 14.5. The van der Waals surface area contributed by atoms with Gasteiger partial charge in [-0.3, -0.25) is 0 Å². The van der Waals surface area contributed by atoms with Crippen molar-refractivity contribution in [2.75, 3.05) is 0 Å². The summed E-state index contributed by atoms with van der Waals surface area (Å²) in [5, 5.41) is 1.41. The molecular formula is C21H25F3O. The molecule has 1 aliphatic carbocycles. The standard InChI is InChI=1S/C21H25F3O/c1-3-14-6-9-18(10-7-14)21(23,24)25-20-13-16-8-5-15(4-2)11-17(16)12-19(20)22/h5,8,11-14,18H,3-4,6-7,9-10H2,1-2H3. The first-order chi connectivity index (χ1) is 11.9. The Morgan fingerprint density at radius 1 is 1.00 bits per heavy atom. The molecule has 0 N–H and O–H groups in total. The van der Waals surface area contributed by atoms with Crippen molar-refractivity contribution >= 4 is 10.8 Å². The van der Waals surface area contributed by atoms with Gasteiger partial charge in [0.15, 0.2) is 11.6 Å². The van der Waals surface area contributed by atoms with Crippen LogP contribution in [0.15, 0.2) is 30.3 Å². The van der Waals surface area contributed by atoms with Crippen LogP contribution in [0.4, 0.5) is 13.2 Å². The molecule has 1 aliphatic rings. The van der Waals surface area contributed by atoms with Crippen LogP contribution in [0.25, 0.3) is 10.8 Å². The normalized spacial score (nSPS) is 21.5. The molecule has 0 spiro atoms. The van der Waals surface area contributed by atoms with Gasteiger partial charge in [-0.2, -0.15) is 8.78 Å². The van der Waals surface area contributed by atoms with E-state index in [0.29, 0.717) is 29.5 Å². The Bertz CT molecular complexity index is 733. The van der Waals surface area contributed by atoms with E-state index in [2.05, 4.69) is 6.92 Å². The number of benzene rings is 2. The molecule has 0 aromatic heterocycles. The zero-order chi connectivity index (χ0) is 18.0. The second-order valence-corrected chi connectivity index (χ2v) is 7.11. The molecule has 25 heavy (non-hydrogen) atoms. The summed E-state index contributed by atoms with van der Waals surface area (Å²) in [7, 11) is 0. The van der Waals surface area contributed by atoms with Crippen LogP contribution in [0, 0.1) is 17.7 Å². The van der Waals surface area contributed by atoms with Gasteiger partial charge in [0.05, 0.1) is 5.92 Å². The quantitative estimate of drug-likeness (QED) is 0.581. The number of rotatable bonds is 5. The topological polar surface area (TPSA) is 9.23 Å². The van der Waals surface area contributed by atoms with Gasteiger partial charge in [-0.1, -0.05) is 38.5 Å². The molecule has 2 aromatic carbocycles. The van der Waals surface area contributed by atoms with Crippen LogP contribution >= 0.6 is 0 Å². The molecule has 136 valence electrons. The van der Waals surface area contributed by atoms with Crippen molar-refractivity contribution in [2.24, 2.45) is 11.8 Å². The van der Waals surface area contributed by atoms with Crippen LogP contribution in [0.3, 0.4) is 0 Å². The molecule has 4 heteroatoms. The third kappa shape index (κ3) is 3.94. The number of halogens is 3. The highest BCUT2D eigenvalue weighted by atomic mass is 19.3. The van der Waals surface area contributed by atoms with E-state index in [1.165, 1.54) is 12.1 Å². The van der Waals surface area contributed by atoms with Crippen molar-refractivity contribution in [1.82, 2.24) is 0 Å². The summed E-state index contributed by atoms with van der Waals surface area (Å²) in [6.45, 7) is 4.11. The SMILES string of the molecule is CCc1ccc2cc(OC(F)(F)C3CCC(CC)CC3)c(F)cc2c1. The van der Waals surface area contributed by atoms with Crippen LogP contribution in [-0.4, -0.2) is 6.11 Å². The minimum absolute atomic E-state index is 0.362. The highest BCUT2D eigenvalue weighted by Gasteiger charge is 2.44. The van der Waals surface area contributed by atoms with Gasteiger partial charge in [-0.15, -0.1) is 0 Å². The Morgan fingerprint density at radius 3 is 2.36 bits per heavy atom. The summed E-state index contributed by atoms with van der Waals surface area (Å²) in [4.78, 5) is 0. The maximum absolute atomic E-state index is 14.5. The van der Waals surface area contributed by atoms with Gasteiger partial charge < -0.3 is 4.74 Å². The second kappa shape index (κ2) is 7.27. The lowest BCUT2D eigenvalue weighted by Gasteiger charge is -2.33. The van der Waals surface area contributed by atoms with E-state index in [1.54, 1.807) is 0 Å². The molecule has 0 saturated heterocycles. The fraction of sp³-hybridized carbons (Fsp3) is 0.524. The van der Waals surface area contributed by atoms with E-state index < -0.39 is 17.8 Å². The zero-order valence-corrected chi connectivity index (χ0v) is 14.8. The molecule has 0 amide bonds. The number of hydrogen-bond acceptors (Lipinski definition) is 1. The average molecular weight is 350 g/mol. The Hall–Kier alpha value is -1.71. The molecule has 1 nitrogen and oxygen atoms in total. The van der Waals surface area contributed by atoms with Crippen molar-refractivity contribution in [3.05, 3.63) is 41.7 Å². The summed E-state index contributed by atoms with van der Waals surface area (Å²) in [5.41, 5.74) is 1.08. The average Bonchev–Trinajstić information content (AvgIpc) is 2.61. The molecule has 0 heterocycles. The first kappa shape index (κ1) is 18.1. The summed E-state index contributed by atoms with van der Waals surface area (Å²) >= 11 is 0. The molecular weight excluding hydrogens is 325 g/mol. The number of hydrogen-bond donors (Lipinski definition) is 0. The van der Waals surface area contributed by atoms with Crippen LogP contribution in [0.2, 0.25) is 0 Å². The predicted octanol–water partition coefficient (Wildman–Crippen LogP) is 6.73. The molecule has 1 saturated carbocycles. The Kier molecular flexibility index (Phi) is 5.26. The number of aryl methyl sites for hydroxylation is 1. The zero-order valence-electron chi connectivity index (χ0n) is 14.8. The molecule has 0 radical (unpaired) electrons. The van der Waals surface area contributed by atoms with Gasteiger partial charge in [-0.25, -0.2) is 4.39 Å². The van der Waals surface area contributed by atoms with Gasteiger partial charge in [0.25, 0.3) is 0 Å². The van der Waals surface area contributed by atoms with E-state index >= 15 is 0 Å². The Labute approximate surface area is 147 Å². The summed E-state index contributed by atoms with van der Waals surface area (Å²) < 4.78 is 48.3. The highest BCUT2D eigenvalue weighted by molar-refractivity contribution is 5.84. The molecule has 0 aliphatic heterocycles. The molecule has 0 bridgehead atoms. The second-order valence-electron chi connectivity index (χ2n) is 7.11. The number of fused-ring (bicyclic) bond motifs is 1. The molecule has 3 rings (SSSR count). The summed E-state index contributed by atoms with van der Waals surface area (Å²) in [6, 6.07) is 8.30. The van der Waals surface area contributed by atoms with Crippen LogP contribution < -0.4 is 4.74 Å². The molecule has 0 atom stereocenters. The highest BCUT2D eigenvalue weighted by Crippen LogP contribution is 2.41. The largest absolute Gasteiger partial charge is 0.429 e. The molecule has 0 unspecified atom stereocenters. The fourth-order valence-corrected chi connectivity index (χ4v) is 3.73. The predicted molar refractivity (Wildman–Crippen MR) is 94.6 cm³/mol. The van der Waals surface area contributed by atoms with E-state index in [0.717, 1.165) is 31.2 Å². The van der Waals surface area contributed by atoms with E-state index in [1.807, 2.05) is 25.1 Å². The lowest BCUT2D eigenvalue weighted by atomic mass is 9.80. The van der Waals surface area contributed by atoms with Crippen molar-refractivity contribution in [2.45, 2.75) is 58.5 Å². The number of alkyl halides is 2. The van der Waals surface area contributed by atoms with Crippen molar-refractivity contribution < 1.29 is 17.9 Å². The fourth-order valence-electron chi connectivity index (χ4n) is 3.73. The smallest absolute Gasteiger partial charge is 0.400 e. The van der Waals surface area contributed by atoms with Crippen LogP contribution in [0.5, 0.6) is 5.75 Å². The molecule has 1 fully saturated rings. The first-order valence-corrected chi connectivity index (χ1v) is 9.22. The van der Waals surface area contributed by atoms with E-state index in [9.17, 15) is 13.2 Å². The van der Waals surface area contributed by atoms with Crippen LogP contribution in [0.1, 0.15) is 51.5 Å². The van der Waals surface area contributed by atoms with Gasteiger partial charge in [-0.05, 0) is 66.5 Å². The summed E-state index contributed by atoms with van der Waals surface area (Å²) in [6.07, 6.45) is 0.977. The lowest BCUT2D eigenvalue weighted by molar-refractivity contribution is -0.224. The lowest BCUT2D eigenvalue weighted by Crippen LogP contribution is -2.37. The minimum Gasteiger partial charge on any atom is -0.429 e. The van der Waals surface area contributed by atoms with E-state index in [-0.39, 0.29) is 5.75 Å². The Balaban J connectivity index is 1.80. The van der Waals surface area contributed by atoms with Gasteiger partial charge in [0, 0.05) is 0 Å². The monoisotopic (exact) mass is 350 g/mol. The van der Waals surface area contributed by atoms with Crippen molar-refractivity contribution in [3.63, 3.8) is 0 Å². The van der Waals surface area contributed by atoms with Gasteiger partial charge >= 0.3 is 6.11 Å². The maximum Gasteiger partial charge on any atom is 0.400 e. The van der Waals surface area contributed by atoms with Crippen molar-refractivity contribution in [3.8, 4) is 5.75 Å². The van der Waals surface area contributed by atoms with E-state index in [4.69, 9.17) is 4.74 Å². The third-order valence-corrected chi connectivity index (χ3v) is 5.51. The first-order valence-electron chi connectivity index (χ1n) is 9.22. The van der Waals surface area contributed by atoms with Crippen LogP contribution in [-0.2, 0) is 6.42 Å². The summed E-state index contributed by atoms with van der Waals surface area (Å²) in [5.74, 6) is -1.41. The van der Waals surface area contributed by atoms with Crippen molar-refractivity contribution in [1.29, 1.82) is 0 Å². The van der Waals surface area contributed by atoms with Gasteiger partial charge in [0.1, 0.15) is 0 Å². The van der Waals surface area contributed by atoms with Gasteiger partial charge in [0.2, 0.25) is 0 Å². The minimum atomic E-state index is -3.34.